The number of hydrogen-bond acceptors (Lipinski definition) is 6. The molecule has 2 heterocycles. The number of ether oxygens (including phenoxy) is 2. The summed E-state index contributed by atoms with van der Waals surface area (Å²) in [7, 11) is 0. The summed E-state index contributed by atoms with van der Waals surface area (Å²) in [4.78, 5) is 14.6. The summed E-state index contributed by atoms with van der Waals surface area (Å²) < 4.78 is 17.5. The lowest BCUT2D eigenvalue weighted by atomic mass is 9.99. The maximum absolute atomic E-state index is 12.1. The third kappa shape index (κ3) is 6.26. The molecule has 1 aromatic heterocycles. The normalized spacial score (nSPS) is 14.8. The second-order valence-electron chi connectivity index (χ2n) is 7.47. The van der Waals surface area contributed by atoms with Crippen molar-refractivity contribution in [1.29, 1.82) is 0 Å². The topological polar surface area (TPSA) is 69.7 Å². The van der Waals surface area contributed by atoms with Crippen molar-refractivity contribution in [2.24, 2.45) is 5.92 Å². The summed E-state index contributed by atoms with van der Waals surface area (Å²) in [6.07, 6.45) is 2.37. The minimum atomic E-state index is -0.632. The van der Waals surface area contributed by atoms with Crippen LogP contribution < -0.4 is 15.2 Å². The number of aromatic nitrogens is 2. The van der Waals surface area contributed by atoms with Crippen LogP contribution in [0.25, 0.3) is 5.69 Å². The zero-order chi connectivity index (χ0) is 20.9. The maximum Gasteiger partial charge on any atom is 0.444 e. The van der Waals surface area contributed by atoms with Gasteiger partial charge < -0.3 is 13.9 Å². The second-order valence-corrected chi connectivity index (χ2v) is 7.90. The van der Waals surface area contributed by atoms with Crippen LogP contribution >= 0.6 is 24.0 Å². The van der Waals surface area contributed by atoms with Crippen LogP contribution in [0.1, 0.15) is 19.8 Å². The average Bonchev–Trinajstić information content (AvgIpc) is 3.12. The van der Waals surface area contributed by atoms with Crippen molar-refractivity contribution in [2.75, 3.05) is 26.2 Å². The lowest BCUT2D eigenvalue weighted by Crippen LogP contribution is -2.35. The van der Waals surface area contributed by atoms with Crippen molar-refractivity contribution in [3.63, 3.8) is 0 Å². The first-order valence-corrected chi connectivity index (χ1v) is 10.4. The van der Waals surface area contributed by atoms with Crippen LogP contribution in [0.3, 0.4) is 0 Å². The molecular weight excluding hydrogens is 441 g/mol. The summed E-state index contributed by atoms with van der Waals surface area (Å²) in [5, 5.41) is 4.68. The molecule has 9 heteroatoms. The van der Waals surface area contributed by atoms with Crippen LogP contribution in [-0.2, 0) is 0 Å². The van der Waals surface area contributed by atoms with E-state index in [0.717, 1.165) is 36.0 Å². The van der Waals surface area contributed by atoms with Gasteiger partial charge in [-0.1, -0.05) is 23.6 Å². The van der Waals surface area contributed by atoms with E-state index < -0.39 is 5.76 Å². The second kappa shape index (κ2) is 10.7. The van der Waals surface area contributed by atoms with Gasteiger partial charge in [-0.05, 0) is 80.4 Å². The van der Waals surface area contributed by atoms with Gasteiger partial charge in [-0.2, -0.15) is 4.68 Å². The van der Waals surface area contributed by atoms with Gasteiger partial charge in [0.2, 0.25) is 0 Å². The van der Waals surface area contributed by atoms with Gasteiger partial charge in [0, 0.05) is 11.6 Å². The van der Waals surface area contributed by atoms with E-state index in [0.29, 0.717) is 23.1 Å². The number of piperidine rings is 1. The molecule has 0 spiro atoms. The molecule has 2 aromatic carbocycles. The maximum atomic E-state index is 12.1. The summed E-state index contributed by atoms with van der Waals surface area (Å²) in [5.74, 6) is 1.41. The minimum absolute atomic E-state index is 0. The Bertz CT molecular complexity index is 1010. The Morgan fingerprint density at radius 3 is 2.39 bits per heavy atom. The lowest BCUT2D eigenvalue weighted by Gasteiger charge is -2.29. The standard InChI is InChI=1S/C22H24ClN3O4.ClH/c1-16-10-12-25(13-11-16)14-15-28-19-8-4-18(5-9-19)26-22(27)30-21(24-26)29-20-6-2-17(23)3-7-20;/h2-9,16H,10-15H2,1H3;1H. The van der Waals surface area contributed by atoms with Gasteiger partial charge in [0.05, 0.1) is 5.69 Å². The van der Waals surface area contributed by atoms with Crippen LogP contribution in [0.15, 0.2) is 57.7 Å². The van der Waals surface area contributed by atoms with Crippen molar-refractivity contribution >= 4 is 24.0 Å². The molecule has 7 nitrogen and oxygen atoms in total. The lowest BCUT2D eigenvalue weighted by molar-refractivity contribution is 0.160. The van der Waals surface area contributed by atoms with Crippen molar-refractivity contribution in [2.45, 2.75) is 19.8 Å². The molecule has 0 N–H and O–H groups in total. The van der Waals surface area contributed by atoms with Gasteiger partial charge in [0.15, 0.2) is 0 Å². The largest absolute Gasteiger partial charge is 0.492 e. The highest BCUT2D eigenvalue weighted by molar-refractivity contribution is 6.30. The Kier molecular flexibility index (Phi) is 8.01. The number of hydrogen-bond donors (Lipinski definition) is 0. The van der Waals surface area contributed by atoms with E-state index in [1.54, 1.807) is 36.4 Å². The van der Waals surface area contributed by atoms with Gasteiger partial charge in [-0.3, -0.25) is 4.90 Å². The molecular formula is C22H25Cl2N3O4. The van der Waals surface area contributed by atoms with Gasteiger partial charge in [-0.25, -0.2) is 4.79 Å². The minimum Gasteiger partial charge on any atom is -0.492 e. The summed E-state index contributed by atoms with van der Waals surface area (Å²) in [6, 6.07) is 13.8. The molecule has 0 saturated carbocycles. The van der Waals surface area contributed by atoms with E-state index >= 15 is 0 Å². The Morgan fingerprint density at radius 2 is 1.71 bits per heavy atom. The molecule has 31 heavy (non-hydrogen) atoms. The molecule has 0 amide bonds. The molecule has 0 bridgehead atoms. The first-order chi connectivity index (χ1) is 14.6. The fourth-order valence-corrected chi connectivity index (χ4v) is 3.46. The van der Waals surface area contributed by atoms with E-state index in [2.05, 4.69) is 16.9 Å². The fourth-order valence-electron chi connectivity index (χ4n) is 3.33. The molecule has 0 atom stereocenters. The zero-order valence-electron chi connectivity index (χ0n) is 17.2. The number of likely N-dealkylation sites (tertiary alicyclic amines) is 1. The summed E-state index contributed by atoms with van der Waals surface area (Å²) >= 11 is 5.85. The van der Waals surface area contributed by atoms with Gasteiger partial charge in [-0.15, -0.1) is 12.4 Å². The van der Waals surface area contributed by atoms with Gasteiger partial charge >= 0.3 is 11.8 Å². The monoisotopic (exact) mass is 465 g/mol. The van der Waals surface area contributed by atoms with Crippen LogP contribution in [0.4, 0.5) is 0 Å². The van der Waals surface area contributed by atoms with Crippen molar-refractivity contribution in [3.8, 4) is 23.3 Å². The summed E-state index contributed by atoms with van der Waals surface area (Å²) in [6.45, 7) is 6.14. The highest BCUT2D eigenvalue weighted by Crippen LogP contribution is 2.22. The average molecular weight is 466 g/mol. The van der Waals surface area contributed by atoms with Crippen LogP contribution in [0, 0.1) is 5.92 Å². The molecule has 1 aliphatic rings. The van der Waals surface area contributed by atoms with Gasteiger partial charge in [0.25, 0.3) is 0 Å². The predicted molar refractivity (Wildman–Crippen MR) is 121 cm³/mol. The molecule has 1 saturated heterocycles. The summed E-state index contributed by atoms with van der Waals surface area (Å²) in [5.41, 5.74) is 0.562. The first-order valence-electron chi connectivity index (χ1n) is 10.1. The highest BCUT2D eigenvalue weighted by atomic mass is 35.5. The zero-order valence-corrected chi connectivity index (χ0v) is 18.8. The van der Waals surface area contributed by atoms with Crippen molar-refractivity contribution in [1.82, 2.24) is 14.7 Å². The molecule has 0 unspecified atom stereocenters. The van der Waals surface area contributed by atoms with E-state index in [4.69, 9.17) is 25.5 Å². The van der Waals surface area contributed by atoms with Crippen molar-refractivity contribution in [3.05, 3.63) is 64.1 Å². The van der Waals surface area contributed by atoms with Crippen molar-refractivity contribution < 1.29 is 13.9 Å². The highest BCUT2D eigenvalue weighted by Gasteiger charge is 2.15. The van der Waals surface area contributed by atoms with Gasteiger partial charge in [0.1, 0.15) is 18.1 Å². The Labute approximate surface area is 191 Å². The smallest absolute Gasteiger partial charge is 0.444 e. The first kappa shape index (κ1) is 23.2. The molecule has 1 fully saturated rings. The predicted octanol–water partition coefficient (Wildman–Crippen LogP) is 4.80. The number of halogens is 2. The third-order valence-corrected chi connectivity index (χ3v) is 5.43. The Balaban J connectivity index is 0.00000272. The molecule has 0 aliphatic carbocycles. The molecule has 3 aromatic rings. The quantitative estimate of drug-likeness (QED) is 0.498. The molecule has 0 radical (unpaired) electrons. The van der Waals surface area contributed by atoms with E-state index in [1.165, 1.54) is 12.8 Å². The number of rotatable bonds is 7. The number of nitrogens with zero attached hydrogens (tertiary/aromatic N) is 3. The number of benzene rings is 2. The third-order valence-electron chi connectivity index (χ3n) is 5.18. The van der Waals surface area contributed by atoms with E-state index in [1.807, 2.05) is 12.1 Å². The van der Waals surface area contributed by atoms with Crippen LogP contribution in [0.2, 0.25) is 5.02 Å². The molecule has 4 rings (SSSR count). The van der Waals surface area contributed by atoms with Crippen LogP contribution in [0.5, 0.6) is 17.6 Å². The van der Waals surface area contributed by atoms with Crippen LogP contribution in [-0.4, -0.2) is 40.9 Å². The molecule has 1 aliphatic heterocycles. The van der Waals surface area contributed by atoms with E-state index in [9.17, 15) is 4.79 Å². The van der Waals surface area contributed by atoms with E-state index in [-0.39, 0.29) is 18.5 Å². The SMILES string of the molecule is CC1CCN(CCOc2ccc(-n3nc(Oc4ccc(Cl)cc4)oc3=O)cc2)CC1.Cl. The Morgan fingerprint density at radius 1 is 1.06 bits per heavy atom. The Hall–Kier alpha value is -2.48. The fraction of sp³-hybridized carbons (Fsp3) is 0.364. The molecule has 166 valence electrons.